The van der Waals surface area contributed by atoms with Crippen LogP contribution in [0.2, 0.25) is 0 Å². The zero-order valence-corrected chi connectivity index (χ0v) is 42.6. The van der Waals surface area contributed by atoms with Gasteiger partial charge in [-0.3, -0.25) is 19.8 Å². The van der Waals surface area contributed by atoms with E-state index in [1.807, 2.05) is 54.3 Å². The highest BCUT2D eigenvalue weighted by Gasteiger charge is 2.46. The Balaban J connectivity index is 0.652. The van der Waals surface area contributed by atoms with Crippen molar-refractivity contribution in [3.63, 3.8) is 0 Å². The number of carbonyl (C=O) groups excluding carboxylic acids is 3. The number of aryl methyl sites for hydroxylation is 2. The molecule has 0 radical (unpaired) electrons. The number of likely N-dealkylation sites (tertiary alicyclic amines) is 1. The molecule has 7 aliphatic rings. The third-order valence-corrected chi connectivity index (χ3v) is 18.1. The van der Waals surface area contributed by atoms with Crippen molar-refractivity contribution < 1.29 is 28.6 Å². The Hall–Kier alpha value is -5.90. The second-order valence-electron chi connectivity index (χ2n) is 22.9. The number of piperazine rings is 2. The summed E-state index contributed by atoms with van der Waals surface area (Å²) in [6.45, 7) is 14.3. The molecule has 2 bridgehead atoms. The summed E-state index contributed by atoms with van der Waals surface area (Å²) < 4.78 is 23.9. The number of urea groups is 1. The van der Waals surface area contributed by atoms with Crippen LogP contribution in [-0.4, -0.2) is 138 Å². The van der Waals surface area contributed by atoms with E-state index in [-0.39, 0.29) is 40.9 Å². The van der Waals surface area contributed by atoms with Crippen LogP contribution in [0.1, 0.15) is 99.0 Å². The molecule has 12 rings (SSSR count). The molecule has 14 nitrogen and oxygen atoms in total. The molecule has 4 amide bonds. The average molecular weight is 992 g/mol. The van der Waals surface area contributed by atoms with Gasteiger partial charge in [0.15, 0.2) is 5.82 Å². The number of hydrogen-bond acceptors (Lipinski definition) is 11. The summed E-state index contributed by atoms with van der Waals surface area (Å²) in [5, 5.41) is 19.4. The number of rotatable bonds is 12. The summed E-state index contributed by atoms with van der Waals surface area (Å²) in [6.07, 6.45) is 12.4. The van der Waals surface area contributed by atoms with Crippen LogP contribution in [0.3, 0.4) is 0 Å². The summed E-state index contributed by atoms with van der Waals surface area (Å²) in [5.74, 6) is 0.846. The molecule has 3 N–H and O–H groups in total. The van der Waals surface area contributed by atoms with Crippen molar-refractivity contribution >= 4 is 51.0 Å². The van der Waals surface area contributed by atoms with Crippen LogP contribution in [-0.2, 0) is 11.2 Å². The number of imide groups is 1. The maximum atomic E-state index is 17.3. The first kappa shape index (κ1) is 48.1. The molecule has 73 heavy (non-hydrogen) atoms. The van der Waals surface area contributed by atoms with Crippen LogP contribution in [0.5, 0.6) is 11.8 Å². The number of halogens is 1. The number of aromatic nitrogens is 2. The summed E-state index contributed by atoms with van der Waals surface area (Å²) >= 11 is 0. The van der Waals surface area contributed by atoms with Gasteiger partial charge in [-0.15, -0.1) is 0 Å². The molecule has 5 aromatic rings. The highest BCUT2D eigenvalue weighted by molar-refractivity contribution is 6.07. The number of phenolic OH excluding ortho intramolecular Hbond substituents is 1. The molecular weight excluding hydrogens is 922 g/mol. The molecule has 384 valence electrons. The lowest BCUT2D eigenvalue weighted by atomic mass is 9.65. The molecule has 4 aromatic carbocycles. The fourth-order valence-corrected chi connectivity index (χ4v) is 13.5. The van der Waals surface area contributed by atoms with E-state index in [1.165, 1.54) is 25.7 Å². The van der Waals surface area contributed by atoms with Crippen molar-refractivity contribution in [2.75, 3.05) is 88.4 Å². The van der Waals surface area contributed by atoms with E-state index >= 15 is 4.39 Å². The van der Waals surface area contributed by atoms with Gasteiger partial charge in [-0.25, -0.2) is 9.18 Å². The van der Waals surface area contributed by atoms with Crippen molar-refractivity contribution in [1.82, 2.24) is 35.3 Å². The van der Waals surface area contributed by atoms with Crippen LogP contribution in [0.25, 0.3) is 32.8 Å². The first-order valence-corrected chi connectivity index (χ1v) is 27.3. The van der Waals surface area contributed by atoms with Crippen molar-refractivity contribution in [2.45, 2.75) is 103 Å². The Kier molecular flexibility index (Phi) is 12.8. The Morgan fingerprint density at radius 3 is 2.32 bits per heavy atom. The van der Waals surface area contributed by atoms with Gasteiger partial charge in [-0.2, -0.15) is 9.97 Å². The highest BCUT2D eigenvalue weighted by atomic mass is 19.1. The number of aromatic hydroxyl groups is 1. The molecule has 1 spiro atoms. The predicted molar refractivity (Wildman–Crippen MR) is 282 cm³/mol. The molecule has 5 saturated heterocycles. The summed E-state index contributed by atoms with van der Waals surface area (Å²) in [4.78, 5) is 59.2. The van der Waals surface area contributed by atoms with Crippen molar-refractivity contribution in [1.29, 1.82) is 0 Å². The lowest BCUT2D eigenvalue weighted by Crippen LogP contribution is -2.51. The number of nitrogens with one attached hydrogen (secondary N) is 2. The number of piperidine rings is 1. The quantitative estimate of drug-likeness (QED) is 0.111. The minimum absolute atomic E-state index is 0.0142. The normalized spacial score (nSPS) is 23.4. The number of hydrogen-bond donors (Lipinski definition) is 3. The molecule has 6 heterocycles. The van der Waals surface area contributed by atoms with Crippen LogP contribution >= 0.6 is 0 Å². The van der Waals surface area contributed by atoms with Gasteiger partial charge in [0, 0.05) is 118 Å². The number of anilines is 2. The minimum Gasteiger partial charge on any atom is -0.508 e. The lowest BCUT2D eigenvalue weighted by molar-refractivity contribution is -0.120. The molecular formula is C58H70FN9O5. The standard InChI is InChI=1S/C58H70FN9O5/c1-3-39-5-4-6-40-29-44(69)31-47(50(39)40)45-11-12-46-52(51(45)59)62-55(63-53(46)67-33-42-9-10-43(34-67)60-42)73-36-58(18-19-58)35-65-27-25-64(26-28-65)32-38-13-16-57(17-14-38)20-23-66(24-21-57)54(71)41-8-7-37(2)48(30-41)68-22-15-49(70)61-56(68)72/h4-8,11-12,29-31,38,42-43,60,69H,3,9-10,13-28,32-36H2,1-2H3,(H,61,70,72). The number of nitrogens with zero attached hydrogens (tertiary/aromatic N) is 7. The van der Waals surface area contributed by atoms with Gasteiger partial charge in [0.25, 0.3) is 5.91 Å². The van der Waals surface area contributed by atoms with Crippen molar-refractivity contribution in [3.05, 3.63) is 83.2 Å². The largest absolute Gasteiger partial charge is 0.508 e. The second-order valence-corrected chi connectivity index (χ2v) is 22.9. The van der Waals surface area contributed by atoms with E-state index in [4.69, 9.17) is 14.7 Å². The maximum Gasteiger partial charge on any atom is 0.328 e. The first-order chi connectivity index (χ1) is 35.4. The van der Waals surface area contributed by atoms with Gasteiger partial charge in [-0.05, 0) is 147 Å². The van der Waals surface area contributed by atoms with E-state index < -0.39 is 11.8 Å². The Bertz CT molecular complexity index is 2940. The SMILES string of the molecule is CCc1cccc2cc(O)cc(-c3ccc4c(N5CC6CCC(C5)N6)nc(OCC5(CN6CCN(CC7CCC8(CC7)CCN(C(=O)c7ccc(C)c(N9CCC(=O)NC9=O)c7)CC8)CC6)CC5)nc4c3F)c12. The van der Waals surface area contributed by atoms with E-state index in [9.17, 15) is 19.5 Å². The van der Waals surface area contributed by atoms with Gasteiger partial charge in [0.2, 0.25) is 5.91 Å². The third-order valence-electron chi connectivity index (χ3n) is 18.1. The lowest BCUT2D eigenvalue weighted by Gasteiger charge is -2.47. The van der Waals surface area contributed by atoms with Crippen LogP contribution < -0.4 is 25.2 Å². The van der Waals surface area contributed by atoms with E-state index in [2.05, 4.69) is 38.3 Å². The first-order valence-electron chi connectivity index (χ1n) is 27.3. The van der Waals surface area contributed by atoms with Crippen LogP contribution in [0.15, 0.2) is 60.7 Å². The van der Waals surface area contributed by atoms with Crippen LogP contribution in [0, 0.1) is 29.5 Å². The van der Waals surface area contributed by atoms with Gasteiger partial charge in [-0.1, -0.05) is 37.3 Å². The Labute approximate surface area is 427 Å². The highest BCUT2D eigenvalue weighted by Crippen LogP contribution is 2.49. The maximum absolute atomic E-state index is 17.3. The number of carbonyl (C=O) groups is 3. The predicted octanol–water partition coefficient (Wildman–Crippen LogP) is 8.44. The van der Waals surface area contributed by atoms with E-state index in [0.29, 0.717) is 64.3 Å². The molecule has 7 fully saturated rings. The van der Waals surface area contributed by atoms with Gasteiger partial charge in [0.05, 0.1) is 6.61 Å². The number of fused-ring (bicyclic) bond motifs is 4. The summed E-state index contributed by atoms with van der Waals surface area (Å²) in [7, 11) is 0. The number of phenols is 1. The summed E-state index contributed by atoms with van der Waals surface area (Å²) in [6, 6.07) is 19.4. The van der Waals surface area contributed by atoms with Crippen molar-refractivity contribution in [3.8, 4) is 22.9 Å². The number of ether oxygens (including phenoxy) is 1. The molecule has 2 saturated carbocycles. The smallest absolute Gasteiger partial charge is 0.328 e. The zero-order chi connectivity index (χ0) is 50.0. The minimum atomic E-state index is -0.435. The topological polar surface area (TPSA) is 147 Å². The third kappa shape index (κ3) is 9.61. The Morgan fingerprint density at radius 2 is 1.59 bits per heavy atom. The van der Waals surface area contributed by atoms with Crippen molar-refractivity contribution in [2.24, 2.45) is 16.7 Å². The number of amides is 4. The molecule has 2 unspecified atom stereocenters. The van der Waals surface area contributed by atoms with E-state index in [1.54, 1.807) is 17.0 Å². The fraction of sp³-hybridized carbons (Fsp3) is 0.534. The molecule has 2 aliphatic carbocycles. The fourth-order valence-electron chi connectivity index (χ4n) is 13.5. The molecule has 1 aromatic heterocycles. The Morgan fingerprint density at radius 1 is 0.836 bits per heavy atom. The molecule has 15 heteroatoms. The van der Waals surface area contributed by atoms with Gasteiger partial charge in [0.1, 0.15) is 17.1 Å². The van der Waals surface area contributed by atoms with E-state index in [0.717, 1.165) is 138 Å². The van der Waals surface area contributed by atoms with Crippen LogP contribution in [0.4, 0.5) is 20.7 Å². The van der Waals surface area contributed by atoms with Gasteiger partial charge >= 0.3 is 12.0 Å². The molecule has 2 atom stereocenters. The number of benzene rings is 4. The average Bonchev–Trinajstić information content (AvgIpc) is 4.08. The molecule has 5 aliphatic heterocycles. The summed E-state index contributed by atoms with van der Waals surface area (Å²) in [5.41, 5.74) is 4.92. The van der Waals surface area contributed by atoms with Gasteiger partial charge < -0.3 is 34.8 Å². The monoisotopic (exact) mass is 992 g/mol. The zero-order valence-electron chi connectivity index (χ0n) is 42.6. The second kappa shape index (κ2) is 19.4.